The zero-order valence-electron chi connectivity index (χ0n) is 9.53. The molecule has 1 unspecified atom stereocenters. The van der Waals surface area contributed by atoms with Crippen LogP contribution in [0, 0.1) is 11.3 Å². The Hall–Kier alpha value is -0.0400. The number of hydrogen-bond donors (Lipinski definition) is 1. The summed E-state index contributed by atoms with van der Waals surface area (Å²) in [5.41, 5.74) is 0.686. The van der Waals surface area contributed by atoms with Crippen LogP contribution in [0.1, 0.15) is 52.9 Å². The molecule has 78 valence electrons. The van der Waals surface area contributed by atoms with E-state index >= 15 is 0 Å². The van der Waals surface area contributed by atoms with Gasteiger partial charge in [-0.05, 0) is 37.1 Å². The topological polar surface area (TPSA) is 12.0 Å². The lowest BCUT2D eigenvalue weighted by atomic mass is 9.64. The normalized spacial score (nSPS) is 22.4. The second-order valence-corrected chi connectivity index (χ2v) is 4.85. The van der Waals surface area contributed by atoms with Gasteiger partial charge in [0.2, 0.25) is 0 Å². The Bertz CT molecular complexity index is 138. The Morgan fingerprint density at radius 2 is 2.00 bits per heavy atom. The summed E-state index contributed by atoms with van der Waals surface area (Å²) in [6.07, 6.45) is 7.17. The molecule has 1 aliphatic carbocycles. The third kappa shape index (κ3) is 2.98. The largest absolute Gasteiger partial charge is 0.316 e. The molecule has 1 heteroatoms. The van der Waals surface area contributed by atoms with Gasteiger partial charge in [0.05, 0.1) is 0 Å². The molecule has 1 aliphatic rings. The fourth-order valence-electron chi connectivity index (χ4n) is 2.40. The van der Waals surface area contributed by atoms with Gasteiger partial charge in [0.1, 0.15) is 0 Å². The van der Waals surface area contributed by atoms with Gasteiger partial charge in [-0.3, -0.25) is 0 Å². The van der Waals surface area contributed by atoms with Crippen molar-refractivity contribution in [2.24, 2.45) is 11.3 Å². The third-order valence-corrected chi connectivity index (χ3v) is 3.64. The minimum atomic E-state index is 0.686. The molecule has 0 radical (unpaired) electrons. The monoisotopic (exact) mass is 183 g/mol. The Morgan fingerprint density at radius 3 is 2.38 bits per heavy atom. The Morgan fingerprint density at radius 1 is 1.31 bits per heavy atom. The standard InChI is InChI=1S/C12H25N/c1-4-11(3)9-12(7-6-8-12)10-13-5-2/h11,13H,4-10H2,1-3H3. The van der Waals surface area contributed by atoms with E-state index in [1.807, 2.05) is 0 Å². The molecule has 0 saturated heterocycles. The summed E-state index contributed by atoms with van der Waals surface area (Å²) >= 11 is 0. The highest BCUT2D eigenvalue weighted by Gasteiger charge is 2.36. The van der Waals surface area contributed by atoms with Crippen LogP contribution < -0.4 is 5.32 Å². The van der Waals surface area contributed by atoms with Crippen LogP contribution in [0.2, 0.25) is 0 Å². The van der Waals surface area contributed by atoms with Crippen molar-refractivity contribution >= 4 is 0 Å². The van der Waals surface area contributed by atoms with E-state index in [2.05, 4.69) is 26.1 Å². The smallest absolute Gasteiger partial charge is 0.000779 e. The fourth-order valence-corrected chi connectivity index (χ4v) is 2.40. The van der Waals surface area contributed by atoms with Crippen LogP contribution in [0.15, 0.2) is 0 Å². The molecule has 1 N–H and O–H groups in total. The van der Waals surface area contributed by atoms with E-state index < -0.39 is 0 Å². The summed E-state index contributed by atoms with van der Waals surface area (Å²) in [4.78, 5) is 0. The molecular weight excluding hydrogens is 158 g/mol. The molecular formula is C12H25N. The van der Waals surface area contributed by atoms with Crippen LogP contribution in [-0.4, -0.2) is 13.1 Å². The average Bonchev–Trinajstić information content (AvgIpc) is 2.09. The zero-order valence-corrected chi connectivity index (χ0v) is 9.53. The summed E-state index contributed by atoms with van der Waals surface area (Å²) in [5.74, 6) is 0.916. The first-order chi connectivity index (χ1) is 6.22. The van der Waals surface area contributed by atoms with E-state index in [0.29, 0.717) is 5.41 Å². The number of hydrogen-bond acceptors (Lipinski definition) is 1. The van der Waals surface area contributed by atoms with Crippen molar-refractivity contribution in [1.29, 1.82) is 0 Å². The first kappa shape index (κ1) is 11.0. The van der Waals surface area contributed by atoms with E-state index in [1.165, 1.54) is 38.6 Å². The summed E-state index contributed by atoms with van der Waals surface area (Å²) in [6, 6.07) is 0. The van der Waals surface area contributed by atoms with Crippen molar-refractivity contribution in [1.82, 2.24) is 5.32 Å². The lowest BCUT2D eigenvalue weighted by molar-refractivity contribution is 0.0946. The van der Waals surface area contributed by atoms with Crippen LogP contribution in [0.3, 0.4) is 0 Å². The molecule has 0 aliphatic heterocycles. The lowest BCUT2D eigenvalue weighted by Gasteiger charge is -2.44. The Kier molecular flexibility index (Phi) is 4.24. The molecule has 0 amide bonds. The van der Waals surface area contributed by atoms with E-state index in [0.717, 1.165) is 12.5 Å². The van der Waals surface area contributed by atoms with Crippen LogP contribution in [0.5, 0.6) is 0 Å². The lowest BCUT2D eigenvalue weighted by Crippen LogP contribution is -2.41. The summed E-state index contributed by atoms with van der Waals surface area (Å²) in [7, 11) is 0. The SMILES string of the molecule is CCNCC1(CC(C)CC)CCC1. The fraction of sp³-hybridized carbons (Fsp3) is 1.00. The molecule has 0 heterocycles. The molecule has 0 aromatic rings. The summed E-state index contributed by atoms with van der Waals surface area (Å²) in [5, 5.41) is 3.52. The molecule has 1 saturated carbocycles. The highest BCUT2D eigenvalue weighted by molar-refractivity contribution is 4.90. The minimum absolute atomic E-state index is 0.686. The highest BCUT2D eigenvalue weighted by atomic mass is 14.9. The maximum Gasteiger partial charge on any atom is 0.000779 e. The van der Waals surface area contributed by atoms with Crippen molar-refractivity contribution in [3.63, 3.8) is 0 Å². The maximum atomic E-state index is 3.52. The second-order valence-electron chi connectivity index (χ2n) is 4.85. The number of nitrogens with one attached hydrogen (secondary N) is 1. The highest BCUT2D eigenvalue weighted by Crippen LogP contribution is 2.45. The van der Waals surface area contributed by atoms with Gasteiger partial charge in [-0.2, -0.15) is 0 Å². The van der Waals surface area contributed by atoms with Gasteiger partial charge in [-0.15, -0.1) is 0 Å². The van der Waals surface area contributed by atoms with Crippen molar-refractivity contribution in [3.05, 3.63) is 0 Å². The van der Waals surface area contributed by atoms with E-state index in [-0.39, 0.29) is 0 Å². The molecule has 0 spiro atoms. The second kappa shape index (κ2) is 4.99. The zero-order chi connectivity index (χ0) is 9.73. The van der Waals surface area contributed by atoms with Gasteiger partial charge in [0.25, 0.3) is 0 Å². The Labute approximate surface area is 83.3 Å². The van der Waals surface area contributed by atoms with Crippen molar-refractivity contribution in [2.75, 3.05) is 13.1 Å². The summed E-state index contributed by atoms with van der Waals surface area (Å²) in [6.45, 7) is 9.29. The van der Waals surface area contributed by atoms with Crippen molar-refractivity contribution < 1.29 is 0 Å². The predicted octanol–water partition coefficient (Wildman–Crippen LogP) is 3.20. The maximum absolute atomic E-state index is 3.52. The molecule has 1 fully saturated rings. The third-order valence-electron chi connectivity index (χ3n) is 3.64. The minimum Gasteiger partial charge on any atom is -0.316 e. The Balaban J connectivity index is 2.31. The average molecular weight is 183 g/mol. The molecule has 13 heavy (non-hydrogen) atoms. The van der Waals surface area contributed by atoms with E-state index in [9.17, 15) is 0 Å². The van der Waals surface area contributed by atoms with Gasteiger partial charge in [-0.1, -0.05) is 33.6 Å². The van der Waals surface area contributed by atoms with Crippen LogP contribution in [0.25, 0.3) is 0 Å². The van der Waals surface area contributed by atoms with Gasteiger partial charge < -0.3 is 5.32 Å². The molecule has 1 rings (SSSR count). The molecule has 1 atom stereocenters. The van der Waals surface area contributed by atoms with Gasteiger partial charge in [0, 0.05) is 6.54 Å². The first-order valence-electron chi connectivity index (χ1n) is 5.93. The van der Waals surface area contributed by atoms with Crippen molar-refractivity contribution in [2.45, 2.75) is 52.9 Å². The van der Waals surface area contributed by atoms with E-state index in [4.69, 9.17) is 0 Å². The van der Waals surface area contributed by atoms with Crippen molar-refractivity contribution in [3.8, 4) is 0 Å². The van der Waals surface area contributed by atoms with Crippen LogP contribution >= 0.6 is 0 Å². The predicted molar refractivity (Wildman–Crippen MR) is 58.9 cm³/mol. The van der Waals surface area contributed by atoms with Crippen LogP contribution in [0.4, 0.5) is 0 Å². The molecule has 0 aromatic carbocycles. The summed E-state index contributed by atoms with van der Waals surface area (Å²) < 4.78 is 0. The molecule has 1 nitrogen and oxygen atoms in total. The first-order valence-corrected chi connectivity index (χ1v) is 5.93. The van der Waals surface area contributed by atoms with Gasteiger partial charge in [-0.25, -0.2) is 0 Å². The quantitative estimate of drug-likeness (QED) is 0.667. The van der Waals surface area contributed by atoms with Gasteiger partial charge in [0.15, 0.2) is 0 Å². The molecule has 0 aromatic heterocycles. The number of rotatable bonds is 6. The molecule has 0 bridgehead atoms. The van der Waals surface area contributed by atoms with E-state index in [1.54, 1.807) is 0 Å². The van der Waals surface area contributed by atoms with Gasteiger partial charge >= 0.3 is 0 Å². The van der Waals surface area contributed by atoms with Crippen LogP contribution in [-0.2, 0) is 0 Å².